The van der Waals surface area contributed by atoms with Crippen LogP contribution < -0.4 is 0 Å². The topological polar surface area (TPSA) is 49.8 Å². The van der Waals surface area contributed by atoms with E-state index in [-0.39, 0.29) is 5.60 Å². The van der Waals surface area contributed by atoms with Gasteiger partial charge in [-0.3, -0.25) is 9.69 Å². The Bertz CT molecular complexity index is 345. The molecule has 2 aliphatic rings. The van der Waals surface area contributed by atoms with E-state index in [0.29, 0.717) is 6.42 Å². The van der Waals surface area contributed by atoms with Gasteiger partial charge in [0, 0.05) is 6.42 Å². The van der Waals surface area contributed by atoms with Gasteiger partial charge in [0.15, 0.2) is 5.54 Å². The summed E-state index contributed by atoms with van der Waals surface area (Å²) in [6, 6.07) is 0. The van der Waals surface area contributed by atoms with E-state index in [1.165, 1.54) is 6.42 Å². The van der Waals surface area contributed by atoms with Crippen LogP contribution in [0.3, 0.4) is 0 Å². The van der Waals surface area contributed by atoms with Crippen LogP contribution in [0.5, 0.6) is 0 Å². The summed E-state index contributed by atoms with van der Waals surface area (Å²) < 4.78 is 6.04. The van der Waals surface area contributed by atoms with Gasteiger partial charge in [0.1, 0.15) is 0 Å². The Labute approximate surface area is 109 Å². The molecule has 2 rings (SSSR count). The second kappa shape index (κ2) is 4.20. The molecule has 4 nitrogen and oxygen atoms in total. The first-order valence-corrected chi connectivity index (χ1v) is 6.90. The Balaban J connectivity index is 2.40. The molecular weight excluding hydrogens is 230 g/mol. The molecule has 104 valence electrons. The first-order valence-electron chi connectivity index (χ1n) is 6.90. The minimum atomic E-state index is -0.878. The fourth-order valence-corrected chi connectivity index (χ4v) is 3.88. The predicted molar refractivity (Wildman–Crippen MR) is 69.7 cm³/mol. The zero-order valence-electron chi connectivity index (χ0n) is 12.0. The number of hydrogen-bond acceptors (Lipinski definition) is 3. The van der Waals surface area contributed by atoms with E-state index < -0.39 is 17.1 Å². The number of nitrogens with zero attached hydrogens (tertiary/aromatic N) is 1. The van der Waals surface area contributed by atoms with Gasteiger partial charge in [-0.1, -0.05) is 6.42 Å². The van der Waals surface area contributed by atoms with Crippen LogP contribution >= 0.6 is 0 Å². The molecular formula is C14H25NO3. The monoisotopic (exact) mass is 255 g/mol. The van der Waals surface area contributed by atoms with Crippen LogP contribution in [0.4, 0.5) is 0 Å². The summed E-state index contributed by atoms with van der Waals surface area (Å²) in [7, 11) is 0. The second-order valence-corrected chi connectivity index (χ2v) is 6.76. The Morgan fingerprint density at radius 1 is 1.11 bits per heavy atom. The second-order valence-electron chi connectivity index (χ2n) is 6.76. The number of aliphatic carboxylic acids is 1. The van der Waals surface area contributed by atoms with Crippen LogP contribution in [0.2, 0.25) is 0 Å². The lowest BCUT2D eigenvalue weighted by atomic mass is 9.76. The lowest BCUT2D eigenvalue weighted by Crippen LogP contribution is -2.65. The molecule has 0 bridgehead atoms. The number of hydrogen-bond donors (Lipinski definition) is 1. The van der Waals surface area contributed by atoms with E-state index in [2.05, 4.69) is 4.90 Å². The number of likely N-dealkylation sites (tertiary alicyclic amines) is 1. The fraction of sp³-hybridized carbons (Fsp3) is 0.929. The minimum Gasteiger partial charge on any atom is -0.480 e. The van der Waals surface area contributed by atoms with E-state index in [1.54, 1.807) is 0 Å². The van der Waals surface area contributed by atoms with Crippen LogP contribution in [0.25, 0.3) is 0 Å². The lowest BCUT2D eigenvalue weighted by molar-refractivity contribution is -0.167. The fourth-order valence-electron chi connectivity index (χ4n) is 3.88. The quantitative estimate of drug-likeness (QED) is 0.822. The molecule has 2 fully saturated rings. The highest BCUT2D eigenvalue weighted by atomic mass is 16.5. The van der Waals surface area contributed by atoms with Gasteiger partial charge < -0.3 is 9.84 Å². The van der Waals surface area contributed by atoms with Crippen LogP contribution in [-0.2, 0) is 9.53 Å². The Hall–Kier alpha value is -0.610. The molecule has 0 spiro atoms. The number of rotatable bonds is 2. The summed E-state index contributed by atoms with van der Waals surface area (Å²) in [5, 5.41) is 9.86. The van der Waals surface area contributed by atoms with Crippen LogP contribution in [0.1, 0.15) is 53.4 Å². The molecule has 0 aromatic rings. The molecule has 2 aliphatic heterocycles. The van der Waals surface area contributed by atoms with Gasteiger partial charge in [0.25, 0.3) is 0 Å². The molecule has 0 amide bonds. The van der Waals surface area contributed by atoms with Crippen molar-refractivity contribution in [2.24, 2.45) is 0 Å². The first-order chi connectivity index (χ1) is 8.21. The third-order valence-corrected chi connectivity index (χ3v) is 4.46. The molecule has 1 N–H and O–H groups in total. The van der Waals surface area contributed by atoms with E-state index in [9.17, 15) is 9.90 Å². The van der Waals surface area contributed by atoms with E-state index >= 15 is 0 Å². The Morgan fingerprint density at radius 2 is 1.67 bits per heavy atom. The van der Waals surface area contributed by atoms with Crippen LogP contribution in [-0.4, -0.2) is 45.8 Å². The third-order valence-electron chi connectivity index (χ3n) is 4.46. The normalized spacial score (nSPS) is 35.6. The minimum absolute atomic E-state index is 0.376. The van der Waals surface area contributed by atoms with Gasteiger partial charge in [0.05, 0.1) is 11.2 Å². The molecule has 0 aromatic carbocycles. The smallest absolute Gasteiger partial charge is 0.327 e. The Kier molecular flexibility index (Phi) is 3.23. The average molecular weight is 255 g/mol. The van der Waals surface area contributed by atoms with Crippen molar-refractivity contribution in [3.05, 3.63) is 0 Å². The van der Waals surface area contributed by atoms with Crippen molar-refractivity contribution >= 4 is 5.97 Å². The molecule has 0 radical (unpaired) electrons. The standard InChI is InChI=1S/C14H25NO3/c1-12(2)10-14(11(16)17,13(3,4)18-12)15-8-6-5-7-9-15/h5-10H2,1-4H3,(H,16,17). The van der Waals surface area contributed by atoms with Crippen molar-refractivity contribution in [1.29, 1.82) is 0 Å². The van der Waals surface area contributed by atoms with Gasteiger partial charge in [-0.2, -0.15) is 0 Å². The predicted octanol–water partition coefficient (Wildman–Crippen LogP) is 2.27. The molecule has 1 unspecified atom stereocenters. The summed E-state index contributed by atoms with van der Waals surface area (Å²) >= 11 is 0. The van der Waals surface area contributed by atoms with Crippen molar-refractivity contribution < 1.29 is 14.6 Å². The van der Waals surface area contributed by atoms with E-state index in [0.717, 1.165) is 25.9 Å². The van der Waals surface area contributed by atoms with Gasteiger partial charge >= 0.3 is 5.97 Å². The first kappa shape index (κ1) is 13.8. The molecule has 0 aromatic heterocycles. The zero-order valence-corrected chi connectivity index (χ0v) is 12.0. The summed E-state index contributed by atoms with van der Waals surface area (Å²) in [5.74, 6) is -0.736. The SMILES string of the molecule is CC1(C)CC(C(=O)O)(N2CCCCC2)C(C)(C)O1. The summed E-state index contributed by atoms with van der Waals surface area (Å²) in [4.78, 5) is 14.2. The summed E-state index contributed by atoms with van der Waals surface area (Å²) in [6.07, 6.45) is 3.94. The lowest BCUT2D eigenvalue weighted by Gasteiger charge is -2.46. The summed E-state index contributed by atoms with van der Waals surface area (Å²) in [5.41, 5.74) is -1.91. The molecule has 1 atom stereocenters. The molecule has 2 saturated heterocycles. The average Bonchev–Trinajstić information content (AvgIpc) is 2.45. The largest absolute Gasteiger partial charge is 0.480 e. The highest BCUT2D eigenvalue weighted by Gasteiger charge is 2.64. The molecule has 4 heteroatoms. The Morgan fingerprint density at radius 3 is 2.06 bits per heavy atom. The van der Waals surface area contributed by atoms with Crippen molar-refractivity contribution in [3.63, 3.8) is 0 Å². The molecule has 18 heavy (non-hydrogen) atoms. The van der Waals surface area contributed by atoms with Gasteiger partial charge in [-0.05, 0) is 53.6 Å². The number of carboxylic acids is 1. The zero-order chi connectivity index (χ0) is 13.6. The van der Waals surface area contributed by atoms with Crippen LogP contribution in [0, 0.1) is 0 Å². The van der Waals surface area contributed by atoms with E-state index in [4.69, 9.17) is 4.74 Å². The number of piperidine rings is 1. The maximum absolute atomic E-state index is 12.0. The van der Waals surface area contributed by atoms with Gasteiger partial charge in [-0.25, -0.2) is 0 Å². The number of carbonyl (C=O) groups is 1. The number of ether oxygens (including phenoxy) is 1. The molecule has 2 heterocycles. The van der Waals surface area contributed by atoms with Crippen molar-refractivity contribution in [2.75, 3.05) is 13.1 Å². The van der Waals surface area contributed by atoms with Crippen LogP contribution in [0.15, 0.2) is 0 Å². The van der Waals surface area contributed by atoms with E-state index in [1.807, 2.05) is 27.7 Å². The number of carboxylic acid groups (broad SMARTS) is 1. The maximum atomic E-state index is 12.0. The van der Waals surface area contributed by atoms with Gasteiger partial charge in [-0.15, -0.1) is 0 Å². The highest BCUT2D eigenvalue weighted by Crippen LogP contribution is 2.49. The maximum Gasteiger partial charge on any atom is 0.327 e. The summed E-state index contributed by atoms with van der Waals surface area (Å²) in [6.45, 7) is 9.56. The molecule has 0 saturated carbocycles. The van der Waals surface area contributed by atoms with Crippen molar-refractivity contribution in [1.82, 2.24) is 4.90 Å². The molecule has 0 aliphatic carbocycles. The van der Waals surface area contributed by atoms with Crippen molar-refractivity contribution in [3.8, 4) is 0 Å². The third kappa shape index (κ3) is 1.95. The highest BCUT2D eigenvalue weighted by molar-refractivity contribution is 5.81. The van der Waals surface area contributed by atoms with Crippen molar-refractivity contribution in [2.45, 2.75) is 70.1 Å². The van der Waals surface area contributed by atoms with Gasteiger partial charge in [0.2, 0.25) is 0 Å².